The number of aryl methyl sites for hydroxylation is 1. The predicted octanol–water partition coefficient (Wildman–Crippen LogP) is 1.94. The normalized spacial score (nSPS) is 9.81. The topological polar surface area (TPSA) is 104 Å². The number of nitrogens with two attached hydrogens (primary N) is 1. The van der Waals surface area contributed by atoms with Gasteiger partial charge in [0.15, 0.2) is 0 Å². The number of anilines is 2. The number of benzene rings is 1. The van der Waals surface area contributed by atoms with Gasteiger partial charge in [-0.25, -0.2) is 4.39 Å². The summed E-state index contributed by atoms with van der Waals surface area (Å²) >= 11 is 0. The van der Waals surface area contributed by atoms with Gasteiger partial charge in [0.25, 0.3) is 5.91 Å². The van der Waals surface area contributed by atoms with Crippen molar-refractivity contribution >= 4 is 17.3 Å². The van der Waals surface area contributed by atoms with Gasteiger partial charge in [0.2, 0.25) is 0 Å². The van der Waals surface area contributed by atoms with Crippen LogP contribution in [0, 0.1) is 24.1 Å². The monoisotopic (exact) mass is 285 g/mol. The highest BCUT2D eigenvalue weighted by Crippen LogP contribution is 2.20. The first-order chi connectivity index (χ1) is 10.0. The van der Waals surface area contributed by atoms with Crippen molar-refractivity contribution in [1.29, 1.82) is 5.26 Å². The Kier molecular flexibility index (Phi) is 4.11. The van der Waals surface area contributed by atoms with E-state index in [2.05, 4.69) is 15.7 Å². The lowest BCUT2D eigenvalue weighted by Crippen LogP contribution is -2.18. The molecule has 0 aliphatic heterocycles. The van der Waals surface area contributed by atoms with Gasteiger partial charge in [-0.3, -0.25) is 15.6 Å². The fourth-order valence-corrected chi connectivity index (χ4v) is 1.77. The van der Waals surface area contributed by atoms with E-state index in [0.29, 0.717) is 11.4 Å². The number of hydrogen-bond donors (Lipinski definition) is 3. The molecule has 1 heterocycles. The predicted molar refractivity (Wildman–Crippen MR) is 75.9 cm³/mol. The zero-order valence-corrected chi connectivity index (χ0v) is 11.1. The number of nitrogens with zero attached hydrogens (tertiary/aromatic N) is 2. The molecule has 0 aliphatic rings. The summed E-state index contributed by atoms with van der Waals surface area (Å²) in [7, 11) is 0. The maximum absolute atomic E-state index is 13.1. The number of nitriles is 1. The zero-order valence-electron chi connectivity index (χ0n) is 11.1. The van der Waals surface area contributed by atoms with E-state index in [1.807, 2.05) is 6.07 Å². The molecule has 7 heteroatoms. The number of halogens is 1. The summed E-state index contributed by atoms with van der Waals surface area (Å²) in [6.45, 7) is 1.76. The first kappa shape index (κ1) is 14.4. The van der Waals surface area contributed by atoms with Crippen molar-refractivity contribution in [2.45, 2.75) is 6.92 Å². The van der Waals surface area contributed by atoms with Gasteiger partial charge in [0, 0.05) is 11.9 Å². The Hall–Kier alpha value is -2.98. The average molecular weight is 285 g/mol. The van der Waals surface area contributed by atoms with E-state index in [9.17, 15) is 9.18 Å². The number of nitrogen functional groups attached to an aromatic ring is 1. The molecule has 0 saturated heterocycles. The molecule has 1 aromatic heterocycles. The minimum atomic E-state index is -0.550. The summed E-state index contributed by atoms with van der Waals surface area (Å²) in [6.07, 6.45) is 1.37. The van der Waals surface area contributed by atoms with Gasteiger partial charge in [-0.05, 0) is 31.2 Å². The number of carbonyl (C=O) groups is 1. The molecular weight excluding hydrogens is 273 g/mol. The molecule has 0 saturated carbocycles. The van der Waals surface area contributed by atoms with Crippen LogP contribution >= 0.6 is 0 Å². The maximum Gasteiger partial charge on any atom is 0.259 e. The van der Waals surface area contributed by atoms with Crippen LogP contribution in [0.3, 0.4) is 0 Å². The Labute approximate surface area is 120 Å². The summed E-state index contributed by atoms with van der Waals surface area (Å²) in [5.74, 6) is 4.32. The van der Waals surface area contributed by atoms with Crippen molar-refractivity contribution in [1.82, 2.24) is 4.98 Å². The number of nitrogens with one attached hydrogen (secondary N) is 2. The third kappa shape index (κ3) is 3.13. The van der Waals surface area contributed by atoms with Crippen molar-refractivity contribution < 1.29 is 9.18 Å². The Balaban J connectivity index is 2.33. The SMILES string of the molecule is Cc1cc(NN)c(C(=O)Nc2ccc(F)cc2C#N)cn1. The van der Waals surface area contributed by atoms with Crippen LogP contribution in [0.5, 0.6) is 0 Å². The number of rotatable bonds is 3. The second-order valence-corrected chi connectivity index (χ2v) is 4.27. The van der Waals surface area contributed by atoms with Crippen LogP contribution < -0.4 is 16.6 Å². The molecule has 1 amide bonds. The van der Waals surface area contributed by atoms with Crippen LogP contribution in [0.25, 0.3) is 0 Å². The van der Waals surface area contributed by atoms with Crippen LogP contribution in [-0.2, 0) is 0 Å². The largest absolute Gasteiger partial charge is 0.323 e. The van der Waals surface area contributed by atoms with Crippen molar-refractivity contribution in [2.75, 3.05) is 10.7 Å². The molecule has 0 bridgehead atoms. The van der Waals surface area contributed by atoms with Gasteiger partial charge < -0.3 is 10.7 Å². The molecule has 21 heavy (non-hydrogen) atoms. The zero-order chi connectivity index (χ0) is 15.4. The highest BCUT2D eigenvalue weighted by molar-refractivity contribution is 6.08. The molecule has 6 nitrogen and oxygen atoms in total. The third-order valence-electron chi connectivity index (χ3n) is 2.79. The standard InChI is InChI=1S/C14H12FN5O/c1-8-4-13(20-17)11(7-18-8)14(21)19-12-3-2-10(15)5-9(12)6-16/h2-5,7H,17H2,1H3,(H,18,20)(H,19,21). The lowest BCUT2D eigenvalue weighted by molar-refractivity contribution is 0.102. The number of hydrazine groups is 1. The van der Waals surface area contributed by atoms with E-state index >= 15 is 0 Å². The number of hydrogen-bond acceptors (Lipinski definition) is 5. The first-order valence-electron chi connectivity index (χ1n) is 5.99. The molecule has 0 spiro atoms. The van der Waals surface area contributed by atoms with E-state index in [-0.39, 0.29) is 16.8 Å². The van der Waals surface area contributed by atoms with Crippen LogP contribution in [0.2, 0.25) is 0 Å². The minimum Gasteiger partial charge on any atom is -0.323 e. The lowest BCUT2D eigenvalue weighted by atomic mass is 10.1. The van der Waals surface area contributed by atoms with Crippen molar-refractivity contribution in [2.24, 2.45) is 5.84 Å². The summed E-state index contributed by atoms with van der Waals surface area (Å²) in [5, 5.41) is 11.5. The van der Waals surface area contributed by atoms with Crippen molar-refractivity contribution in [3.63, 3.8) is 0 Å². The average Bonchev–Trinajstić information content (AvgIpc) is 2.48. The van der Waals surface area contributed by atoms with Crippen LogP contribution in [0.15, 0.2) is 30.5 Å². The molecule has 0 aliphatic carbocycles. The third-order valence-corrected chi connectivity index (χ3v) is 2.79. The van der Waals surface area contributed by atoms with E-state index in [0.717, 1.165) is 12.1 Å². The molecule has 106 valence electrons. The number of amides is 1. The fraction of sp³-hybridized carbons (Fsp3) is 0.0714. The van der Waals surface area contributed by atoms with E-state index < -0.39 is 11.7 Å². The van der Waals surface area contributed by atoms with E-state index in [1.54, 1.807) is 13.0 Å². The summed E-state index contributed by atoms with van der Waals surface area (Å²) in [6, 6.07) is 6.96. The van der Waals surface area contributed by atoms with Gasteiger partial charge in [0.1, 0.15) is 11.9 Å². The van der Waals surface area contributed by atoms with Crippen LogP contribution in [0.1, 0.15) is 21.6 Å². The maximum atomic E-state index is 13.1. The summed E-state index contributed by atoms with van der Waals surface area (Å²) in [4.78, 5) is 16.2. The minimum absolute atomic E-state index is 0.0330. The Morgan fingerprint density at radius 1 is 1.38 bits per heavy atom. The molecule has 0 unspecified atom stereocenters. The van der Waals surface area contributed by atoms with Gasteiger partial charge in [0.05, 0.1) is 22.5 Å². The number of carbonyl (C=O) groups excluding carboxylic acids is 1. The summed E-state index contributed by atoms with van der Waals surface area (Å²) < 4.78 is 13.1. The van der Waals surface area contributed by atoms with Crippen LogP contribution in [-0.4, -0.2) is 10.9 Å². The number of aromatic nitrogens is 1. The molecular formula is C14H12FN5O. The second-order valence-electron chi connectivity index (χ2n) is 4.27. The fourth-order valence-electron chi connectivity index (χ4n) is 1.77. The number of pyridine rings is 1. The van der Waals surface area contributed by atoms with Gasteiger partial charge in [-0.2, -0.15) is 5.26 Å². The quantitative estimate of drug-likeness (QED) is 0.590. The Bertz CT molecular complexity index is 739. The highest BCUT2D eigenvalue weighted by atomic mass is 19.1. The summed E-state index contributed by atoms with van der Waals surface area (Å²) in [5.41, 5.74) is 3.98. The van der Waals surface area contributed by atoms with E-state index in [4.69, 9.17) is 11.1 Å². The van der Waals surface area contributed by atoms with Gasteiger partial charge in [-0.1, -0.05) is 0 Å². The smallest absolute Gasteiger partial charge is 0.259 e. The Morgan fingerprint density at radius 3 is 2.81 bits per heavy atom. The van der Waals surface area contributed by atoms with Crippen molar-refractivity contribution in [3.05, 3.63) is 53.1 Å². The molecule has 0 radical (unpaired) electrons. The molecule has 1 aromatic carbocycles. The van der Waals surface area contributed by atoms with Gasteiger partial charge in [-0.15, -0.1) is 0 Å². The van der Waals surface area contributed by atoms with Crippen LogP contribution in [0.4, 0.5) is 15.8 Å². The molecule has 2 aromatic rings. The lowest BCUT2D eigenvalue weighted by Gasteiger charge is -2.11. The van der Waals surface area contributed by atoms with Crippen molar-refractivity contribution in [3.8, 4) is 6.07 Å². The van der Waals surface area contributed by atoms with Gasteiger partial charge >= 0.3 is 0 Å². The molecule has 0 fully saturated rings. The Morgan fingerprint density at radius 2 is 2.14 bits per heavy atom. The molecule has 2 rings (SSSR count). The second kappa shape index (κ2) is 5.98. The molecule has 0 atom stereocenters. The first-order valence-corrected chi connectivity index (χ1v) is 5.99. The highest BCUT2D eigenvalue weighted by Gasteiger charge is 2.14. The van der Waals surface area contributed by atoms with E-state index in [1.165, 1.54) is 12.3 Å². The molecule has 4 N–H and O–H groups in total.